The molecule has 0 radical (unpaired) electrons. The standard InChI is InChI=1S/C44H80NO8P/c1-6-8-10-12-14-16-18-20-21-22-23-25-27-29-31-33-35-37-44(47)53-42(41-52-54(48,49)51-39-38-45(3,4)5)40-50-43(46)36-34-32-30-28-26-24-19-17-15-13-11-9-7-2/h11,13-14,16-17,19-21,42H,6-10,12,15,18,22-41H2,1-5H3/p+1/b13-11-,16-14-,19-17-,21-20-. The van der Waals surface area contributed by atoms with E-state index < -0.39 is 26.5 Å². The first-order valence-electron chi connectivity index (χ1n) is 21.4. The Labute approximate surface area is 331 Å². The maximum absolute atomic E-state index is 12.7. The summed E-state index contributed by atoms with van der Waals surface area (Å²) >= 11 is 0. The van der Waals surface area contributed by atoms with Gasteiger partial charge >= 0.3 is 19.8 Å². The van der Waals surface area contributed by atoms with Crippen LogP contribution < -0.4 is 0 Å². The van der Waals surface area contributed by atoms with Crippen LogP contribution in [0.2, 0.25) is 0 Å². The van der Waals surface area contributed by atoms with Crippen molar-refractivity contribution < 1.29 is 42.1 Å². The van der Waals surface area contributed by atoms with Crippen molar-refractivity contribution in [3.8, 4) is 0 Å². The number of carbonyl (C=O) groups excluding carboxylic acids is 2. The van der Waals surface area contributed by atoms with Crippen LogP contribution in [0.1, 0.15) is 168 Å². The van der Waals surface area contributed by atoms with Gasteiger partial charge in [-0.1, -0.05) is 133 Å². The predicted molar refractivity (Wildman–Crippen MR) is 224 cm³/mol. The minimum absolute atomic E-state index is 0.0261. The van der Waals surface area contributed by atoms with Crippen LogP contribution in [0.4, 0.5) is 0 Å². The second kappa shape index (κ2) is 36.6. The van der Waals surface area contributed by atoms with Crippen molar-refractivity contribution in [3.63, 3.8) is 0 Å². The van der Waals surface area contributed by atoms with E-state index in [9.17, 15) is 19.0 Å². The van der Waals surface area contributed by atoms with Gasteiger partial charge in [0.15, 0.2) is 6.10 Å². The number of rotatable bonds is 38. The van der Waals surface area contributed by atoms with Gasteiger partial charge in [0.1, 0.15) is 19.8 Å². The summed E-state index contributed by atoms with van der Waals surface area (Å²) in [5, 5.41) is 0. The van der Waals surface area contributed by atoms with Gasteiger partial charge in [-0.15, -0.1) is 0 Å². The molecular weight excluding hydrogens is 701 g/mol. The normalized spacial score (nSPS) is 14.1. The van der Waals surface area contributed by atoms with E-state index >= 15 is 0 Å². The van der Waals surface area contributed by atoms with Gasteiger partial charge in [0.25, 0.3) is 0 Å². The molecule has 0 saturated heterocycles. The van der Waals surface area contributed by atoms with Gasteiger partial charge in [0.2, 0.25) is 0 Å². The predicted octanol–water partition coefficient (Wildman–Crippen LogP) is 11.9. The van der Waals surface area contributed by atoms with E-state index in [1.54, 1.807) is 0 Å². The molecule has 0 aliphatic rings. The molecule has 0 spiro atoms. The van der Waals surface area contributed by atoms with Crippen molar-refractivity contribution in [2.75, 3.05) is 47.5 Å². The number of unbranched alkanes of at least 4 members (excludes halogenated alkanes) is 16. The first kappa shape index (κ1) is 52.0. The number of esters is 2. The molecule has 0 rings (SSSR count). The van der Waals surface area contributed by atoms with E-state index in [0.29, 0.717) is 17.4 Å². The molecule has 54 heavy (non-hydrogen) atoms. The second-order valence-corrected chi connectivity index (χ2v) is 16.8. The number of hydrogen-bond donors (Lipinski definition) is 1. The van der Waals surface area contributed by atoms with Crippen molar-refractivity contribution in [2.45, 2.75) is 174 Å². The molecular formula is C44H81NO8P+. The lowest BCUT2D eigenvalue weighted by Gasteiger charge is -2.24. The van der Waals surface area contributed by atoms with Crippen LogP contribution in [0.15, 0.2) is 48.6 Å². The van der Waals surface area contributed by atoms with Gasteiger partial charge in [-0.3, -0.25) is 18.6 Å². The number of ether oxygens (including phenoxy) is 2. The number of quaternary nitrogens is 1. The van der Waals surface area contributed by atoms with Gasteiger partial charge in [-0.05, 0) is 70.6 Å². The Morgan fingerprint density at radius 2 is 1.04 bits per heavy atom. The lowest BCUT2D eigenvalue weighted by atomic mass is 10.1. The highest BCUT2D eigenvalue weighted by Gasteiger charge is 2.27. The van der Waals surface area contributed by atoms with Crippen molar-refractivity contribution >= 4 is 19.8 Å². The molecule has 0 aliphatic heterocycles. The Kier molecular flexibility index (Phi) is 35.2. The lowest BCUT2D eigenvalue weighted by molar-refractivity contribution is -0.870. The van der Waals surface area contributed by atoms with Crippen molar-refractivity contribution in [1.82, 2.24) is 0 Å². The SMILES string of the molecule is CCC/C=C\C/C=C\CCCCCCCC(=O)OCC(COP(=O)(O)OCC[N+](C)(C)C)OC(=O)CCCCCCCCC/C=C\C/C=C\CCCCC. The third-order valence-corrected chi connectivity index (χ3v) is 9.80. The zero-order valence-electron chi connectivity index (χ0n) is 35.2. The van der Waals surface area contributed by atoms with E-state index in [4.69, 9.17) is 18.5 Å². The Balaban J connectivity index is 4.41. The summed E-state index contributed by atoms with van der Waals surface area (Å²) in [7, 11) is 1.46. The molecule has 0 heterocycles. The average molecular weight is 783 g/mol. The van der Waals surface area contributed by atoms with Crippen molar-refractivity contribution in [3.05, 3.63) is 48.6 Å². The van der Waals surface area contributed by atoms with Crippen molar-refractivity contribution in [2.24, 2.45) is 0 Å². The summed E-state index contributed by atoms with van der Waals surface area (Å²) < 4.78 is 34.2. The van der Waals surface area contributed by atoms with E-state index in [2.05, 4.69) is 62.5 Å². The molecule has 314 valence electrons. The minimum atomic E-state index is -4.38. The summed E-state index contributed by atoms with van der Waals surface area (Å²) in [6, 6.07) is 0. The molecule has 0 aromatic heterocycles. The fraction of sp³-hybridized carbons (Fsp3) is 0.773. The molecule has 9 nitrogen and oxygen atoms in total. The Morgan fingerprint density at radius 3 is 1.54 bits per heavy atom. The lowest BCUT2D eigenvalue weighted by Crippen LogP contribution is -2.37. The summed E-state index contributed by atoms with van der Waals surface area (Å²) in [5.74, 6) is -0.827. The van der Waals surface area contributed by atoms with E-state index in [1.165, 1.54) is 51.4 Å². The molecule has 0 saturated carbocycles. The van der Waals surface area contributed by atoms with Crippen LogP contribution >= 0.6 is 7.82 Å². The van der Waals surface area contributed by atoms with Gasteiger partial charge in [-0.25, -0.2) is 4.57 Å². The van der Waals surface area contributed by atoms with Crippen LogP contribution in [0.25, 0.3) is 0 Å². The van der Waals surface area contributed by atoms with Crippen molar-refractivity contribution in [1.29, 1.82) is 0 Å². The topological polar surface area (TPSA) is 108 Å². The summed E-state index contributed by atoms with van der Waals surface area (Å²) in [6.45, 7) is 4.29. The number of phosphoric acid groups is 1. The fourth-order valence-electron chi connectivity index (χ4n) is 5.43. The number of nitrogens with zero attached hydrogens (tertiary/aromatic N) is 1. The third kappa shape index (κ3) is 39.7. The second-order valence-electron chi connectivity index (χ2n) is 15.4. The number of phosphoric ester groups is 1. The molecule has 2 atom stereocenters. The Bertz CT molecular complexity index is 1070. The largest absolute Gasteiger partial charge is 0.472 e. The zero-order chi connectivity index (χ0) is 40.0. The number of likely N-dealkylation sites (N-methyl/N-ethyl adjacent to an activating group) is 1. The quantitative estimate of drug-likeness (QED) is 0.0217. The maximum atomic E-state index is 12.7. The van der Waals surface area contributed by atoms with Crippen LogP contribution in [0.5, 0.6) is 0 Å². The molecule has 0 aliphatic carbocycles. The van der Waals surface area contributed by atoms with Gasteiger partial charge in [-0.2, -0.15) is 0 Å². The molecule has 0 aromatic carbocycles. The molecule has 0 aromatic rings. The van der Waals surface area contributed by atoms with Crippen LogP contribution in [0, 0.1) is 0 Å². The summed E-state index contributed by atoms with van der Waals surface area (Å²) in [5.41, 5.74) is 0. The first-order valence-corrected chi connectivity index (χ1v) is 22.9. The van der Waals surface area contributed by atoms with E-state index in [0.717, 1.165) is 83.5 Å². The highest BCUT2D eigenvalue weighted by Crippen LogP contribution is 2.43. The molecule has 0 bridgehead atoms. The smallest absolute Gasteiger partial charge is 0.462 e. The van der Waals surface area contributed by atoms with Crippen LogP contribution in [-0.4, -0.2) is 74.9 Å². The summed E-state index contributed by atoms with van der Waals surface area (Å²) in [6.07, 6.45) is 41.5. The van der Waals surface area contributed by atoms with E-state index in [1.807, 2.05) is 21.1 Å². The van der Waals surface area contributed by atoms with Crippen LogP contribution in [-0.2, 0) is 32.7 Å². The highest BCUT2D eigenvalue weighted by molar-refractivity contribution is 7.47. The third-order valence-electron chi connectivity index (χ3n) is 8.81. The maximum Gasteiger partial charge on any atom is 0.472 e. The number of carbonyl (C=O) groups is 2. The molecule has 0 fully saturated rings. The molecule has 0 amide bonds. The minimum Gasteiger partial charge on any atom is -0.462 e. The van der Waals surface area contributed by atoms with Gasteiger partial charge < -0.3 is 18.9 Å². The Hall–Kier alpha value is -2.03. The van der Waals surface area contributed by atoms with Gasteiger partial charge in [0.05, 0.1) is 27.7 Å². The average Bonchev–Trinajstić information content (AvgIpc) is 3.12. The number of hydrogen-bond acceptors (Lipinski definition) is 7. The van der Waals surface area contributed by atoms with Gasteiger partial charge in [0, 0.05) is 12.8 Å². The molecule has 10 heteroatoms. The van der Waals surface area contributed by atoms with E-state index in [-0.39, 0.29) is 32.0 Å². The monoisotopic (exact) mass is 783 g/mol. The summed E-state index contributed by atoms with van der Waals surface area (Å²) in [4.78, 5) is 35.3. The number of allylic oxidation sites excluding steroid dienone is 8. The molecule has 2 unspecified atom stereocenters. The highest BCUT2D eigenvalue weighted by atomic mass is 31.2. The molecule has 1 N–H and O–H groups in total. The first-order chi connectivity index (χ1) is 26.0. The Morgan fingerprint density at radius 1 is 0.574 bits per heavy atom. The van der Waals surface area contributed by atoms with Crippen LogP contribution in [0.3, 0.4) is 0 Å². The fourth-order valence-corrected chi connectivity index (χ4v) is 6.17. The zero-order valence-corrected chi connectivity index (χ0v) is 36.1.